The smallest absolute Gasteiger partial charge is 0.216 e. The monoisotopic (exact) mass is 333 g/mol. The van der Waals surface area contributed by atoms with Crippen molar-refractivity contribution in [2.75, 3.05) is 0 Å². The number of hydrogen-bond donors (Lipinski definition) is 0. The highest BCUT2D eigenvalue weighted by molar-refractivity contribution is 9.11. The van der Waals surface area contributed by atoms with Crippen LogP contribution >= 0.6 is 31.9 Å². The van der Waals surface area contributed by atoms with Crippen LogP contribution in [0.2, 0.25) is 0 Å². The maximum Gasteiger partial charge on any atom is 0.216 e. The summed E-state index contributed by atoms with van der Waals surface area (Å²) in [6.45, 7) is 4.36. The van der Waals surface area contributed by atoms with E-state index in [2.05, 4.69) is 41.9 Å². The predicted molar refractivity (Wildman–Crippen MR) is 62.7 cm³/mol. The Kier molecular flexibility index (Phi) is 2.97. The average Bonchev–Trinajstić information content (AvgIpc) is 2.59. The number of rotatable bonds is 2. The van der Waals surface area contributed by atoms with Crippen LogP contribution in [0.5, 0.6) is 0 Å². The van der Waals surface area contributed by atoms with Crippen LogP contribution in [0.1, 0.15) is 17.3 Å². The molecule has 0 spiro atoms. The summed E-state index contributed by atoms with van der Waals surface area (Å²) in [4.78, 5) is 4.29. The summed E-state index contributed by atoms with van der Waals surface area (Å²) in [5.41, 5.74) is 0.923. The first-order valence-corrected chi connectivity index (χ1v) is 5.96. The Morgan fingerprint density at radius 1 is 1.40 bits per heavy atom. The molecular weight excluding hydrogens is 326 g/mol. The van der Waals surface area contributed by atoms with Gasteiger partial charge >= 0.3 is 0 Å². The van der Waals surface area contributed by atoms with Gasteiger partial charge in [0.2, 0.25) is 5.89 Å². The zero-order valence-corrected chi connectivity index (χ0v) is 11.5. The van der Waals surface area contributed by atoms with E-state index in [9.17, 15) is 0 Å². The number of aryl methyl sites for hydroxylation is 2. The van der Waals surface area contributed by atoms with Crippen LogP contribution in [0.25, 0.3) is 0 Å². The fourth-order valence-electron chi connectivity index (χ4n) is 1.21. The molecule has 0 aromatic carbocycles. The first-order chi connectivity index (χ1) is 7.06. The van der Waals surface area contributed by atoms with E-state index in [1.807, 2.05) is 19.9 Å². The van der Waals surface area contributed by atoms with E-state index in [0.717, 1.165) is 20.7 Å². The van der Waals surface area contributed by atoms with E-state index in [1.165, 1.54) is 0 Å². The summed E-state index contributed by atoms with van der Waals surface area (Å²) < 4.78 is 8.93. The van der Waals surface area contributed by atoms with E-state index in [0.29, 0.717) is 12.4 Å². The standard InChI is InChI=1S/C9H9Br2N3O/c1-5-6(2)15-9(12-5)4-14-8(11)3-7(10)13-14/h3H,4H2,1-2H3. The number of oxazole rings is 1. The maximum absolute atomic E-state index is 5.47. The molecule has 2 aromatic heterocycles. The van der Waals surface area contributed by atoms with Crippen LogP contribution in [-0.2, 0) is 6.54 Å². The molecule has 0 atom stereocenters. The number of aromatic nitrogens is 3. The minimum absolute atomic E-state index is 0.529. The second-order valence-corrected chi connectivity index (χ2v) is 4.82. The molecule has 4 nitrogen and oxygen atoms in total. The first kappa shape index (κ1) is 10.9. The lowest BCUT2D eigenvalue weighted by atomic mass is 10.4. The molecule has 0 amide bonds. The molecule has 2 heterocycles. The molecule has 15 heavy (non-hydrogen) atoms. The van der Waals surface area contributed by atoms with E-state index in [4.69, 9.17) is 4.42 Å². The third-order valence-electron chi connectivity index (χ3n) is 2.06. The fourth-order valence-corrected chi connectivity index (χ4v) is 2.35. The van der Waals surface area contributed by atoms with Crippen molar-refractivity contribution in [2.45, 2.75) is 20.4 Å². The van der Waals surface area contributed by atoms with Gasteiger partial charge in [0.05, 0.1) is 5.69 Å². The van der Waals surface area contributed by atoms with Crippen molar-refractivity contribution in [1.82, 2.24) is 14.8 Å². The van der Waals surface area contributed by atoms with Gasteiger partial charge in [0.25, 0.3) is 0 Å². The Labute approximate surface area is 104 Å². The molecule has 0 aliphatic carbocycles. The van der Waals surface area contributed by atoms with Gasteiger partial charge in [0, 0.05) is 6.07 Å². The van der Waals surface area contributed by atoms with Crippen LogP contribution in [0.4, 0.5) is 0 Å². The summed E-state index contributed by atoms with van der Waals surface area (Å²) in [7, 11) is 0. The Hall–Kier alpha value is -0.620. The van der Waals surface area contributed by atoms with Gasteiger partial charge in [-0.2, -0.15) is 5.10 Å². The number of halogens is 2. The Morgan fingerprint density at radius 2 is 2.13 bits per heavy atom. The van der Waals surface area contributed by atoms with Crippen molar-refractivity contribution in [2.24, 2.45) is 0 Å². The third-order valence-corrected chi connectivity index (χ3v) is 3.08. The quantitative estimate of drug-likeness (QED) is 0.847. The molecule has 2 rings (SSSR count). The van der Waals surface area contributed by atoms with Crippen molar-refractivity contribution < 1.29 is 4.42 Å². The Bertz CT molecular complexity index is 470. The summed E-state index contributed by atoms with van der Waals surface area (Å²) in [5.74, 6) is 1.52. The Balaban J connectivity index is 2.25. The molecule has 0 N–H and O–H groups in total. The molecule has 80 valence electrons. The minimum atomic E-state index is 0.529. The predicted octanol–water partition coefficient (Wildman–Crippen LogP) is 3.06. The molecule has 2 aromatic rings. The van der Waals surface area contributed by atoms with E-state index >= 15 is 0 Å². The van der Waals surface area contributed by atoms with Gasteiger partial charge in [-0.1, -0.05) is 0 Å². The highest BCUT2D eigenvalue weighted by Crippen LogP contribution is 2.18. The van der Waals surface area contributed by atoms with Gasteiger partial charge in [-0.05, 0) is 45.7 Å². The van der Waals surface area contributed by atoms with Gasteiger partial charge in [-0.3, -0.25) is 0 Å². The van der Waals surface area contributed by atoms with E-state index in [-0.39, 0.29) is 0 Å². The van der Waals surface area contributed by atoms with Crippen molar-refractivity contribution in [3.05, 3.63) is 32.6 Å². The van der Waals surface area contributed by atoms with Gasteiger partial charge in [-0.25, -0.2) is 9.67 Å². The lowest BCUT2D eigenvalue weighted by molar-refractivity contribution is 0.443. The fraction of sp³-hybridized carbons (Fsp3) is 0.333. The molecule has 0 unspecified atom stereocenters. The lowest BCUT2D eigenvalue weighted by Crippen LogP contribution is -2.02. The topological polar surface area (TPSA) is 43.9 Å². The highest BCUT2D eigenvalue weighted by atomic mass is 79.9. The van der Waals surface area contributed by atoms with Crippen molar-refractivity contribution in [1.29, 1.82) is 0 Å². The zero-order valence-electron chi connectivity index (χ0n) is 8.29. The third kappa shape index (κ3) is 2.31. The summed E-state index contributed by atoms with van der Waals surface area (Å²) in [6.07, 6.45) is 0. The molecule has 6 heteroatoms. The number of nitrogens with zero attached hydrogens (tertiary/aromatic N) is 3. The van der Waals surface area contributed by atoms with Crippen molar-refractivity contribution >= 4 is 31.9 Å². The van der Waals surface area contributed by atoms with Gasteiger partial charge in [0.15, 0.2) is 0 Å². The normalized spacial score (nSPS) is 10.9. The van der Waals surface area contributed by atoms with Crippen LogP contribution in [-0.4, -0.2) is 14.8 Å². The van der Waals surface area contributed by atoms with Crippen molar-refractivity contribution in [3.63, 3.8) is 0 Å². The molecule has 0 bridgehead atoms. The van der Waals surface area contributed by atoms with Crippen molar-refractivity contribution in [3.8, 4) is 0 Å². The molecule has 0 aliphatic heterocycles. The van der Waals surface area contributed by atoms with Gasteiger partial charge in [-0.15, -0.1) is 0 Å². The lowest BCUT2D eigenvalue weighted by Gasteiger charge is -1.97. The summed E-state index contributed by atoms with van der Waals surface area (Å²) >= 11 is 6.70. The summed E-state index contributed by atoms with van der Waals surface area (Å²) in [6, 6.07) is 1.88. The number of hydrogen-bond acceptors (Lipinski definition) is 3. The van der Waals surface area contributed by atoms with Crippen LogP contribution in [0.3, 0.4) is 0 Å². The average molecular weight is 335 g/mol. The van der Waals surface area contributed by atoms with Gasteiger partial charge in [0.1, 0.15) is 21.5 Å². The van der Waals surface area contributed by atoms with Crippen LogP contribution in [0, 0.1) is 13.8 Å². The molecule has 0 aliphatic rings. The molecule has 0 saturated heterocycles. The molecule has 0 saturated carbocycles. The molecule has 0 fully saturated rings. The minimum Gasteiger partial charge on any atom is -0.444 e. The van der Waals surface area contributed by atoms with E-state index in [1.54, 1.807) is 4.68 Å². The second kappa shape index (κ2) is 4.09. The van der Waals surface area contributed by atoms with Gasteiger partial charge < -0.3 is 4.42 Å². The highest BCUT2D eigenvalue weighted by Gasteiger charge is 2.09. The van der Waals surface area contributed by atoms with Crippen LogP contribution < -0.4 is 0 Å². The zero-order chi connectivity index (χ0) is 11.0. The molecule has 0 radical (unpaired) electrons. The second-order valence-electron chi connectivity index (χ2n) is 3.20. The Morgan fingerprint density at radius 3 is 2.60 bits per heavy atom. The van der Waals surface area contributed by atoms with Crippen LogP contribution in [0.15, 0.2) is 19.7 Å². The maximum atomic E-state index is 5.47. The summed E-state index contributed by atoms with van der Waals surface area (Å²) in [5, 5.41) is 4.23. The van der Waals surface area contributed by atoms with E-state index < -0.39 is 0 Å². The molecular formula is C9H9Br2N3O. The largest absolute Gasteiger partial charge is 0.444 e. The first-order valence-electron chi connectivity index (χ1n) is 4.38. The SMILES string of the molecule is Cc1nc(Cn2nc(Br)cc2Br)oc1C.